The van der Waals surface area contributed by atoms with Crippen molar-refractivity contribution < 1.29 is 33.8 Å². The first-order chi connectivity index (χ1) is 15.6. The SMILES string of the molecule is C[C@@H](Cc1ccc(N(CCNC(=O)OC(C)(C)C)C(=O)CNC(=O)OC(C)(C)C)cc1)C(=O)O. The van der Waals surface area contributed by atoms with Crippen molar-refractivity contribution >= 4 is 29.8 Å². The smallest absolute Gasteiger partial charge is 0.408 e. The van der Waals surface area contributed by atoms with Gasteiger partial charge in [-0.3, -0.25) is 9.59 Å². The van der Waals surface area contributed by atoms with Gasteiger partial charge in [0.25, 0.3) is 0 Å². The van der Waals surface area contributed by atoms with Gasteiger partial charge in [0.1, 0.15) is 17.7 Å². The number of carbonyl (C=O) groups is 4. The molecule has 0 unspecified atom stereocenters. The van der Waals surface area contributed by atoms with Gasteiger partial charge in [-0.05, 0) is 65.7 Å². The van der Waals surface area contributed by atoms with E-state index in [-0.39, 0.29) is 19.6 Å². The summed E-state index contributed by atoms with van der Waals surface area (Å²) in [6.45, 7) is 12.0. The highest BCUT2D eigenvalue weighted by atomic mass is 16.6. The summed E-state index contributed by atoms with van der Waals surface area (Å²) in [6.07, 6.45) is -0.972. The topological polar surface area (TPSA) is 134 Å². The summed E-state index contributed by atoms with van der Waals surface area (Å²) in [6, 6.07) is 6.89. The van der Waals surface area contributed by atoms with Crippen molar-refractivity contribution in [1.29, 1.82) is 0 Å². The molecule has 0 fully saturated rings. The van der Waals surface area contributed by atoms with E-state index in [4.69, 9.17) is 14.6 Å². The van der Waals surface area contributed by atoms with Crippen molar-refractivity contribution in [2.45, 2.75) is 66.1 Å². The van der Waals surface area contributed by atoms with Gasteiger partial charge in [-0.15, -0.1) is 0 Å². The Morgan fingerprint density at radius 2 is 1.41 bits per heavy atom. The fourth-order valence-corrected chi connectivity index (χ4v) is 2.79. The van der Waals surface area contributed by atoms with Crippen LogP contribution in [0.1, 0.15) is 54.0 Å². The molecule has 10 nitrogen and oxygen atoms in total. The maximum absolute atomic E-state index is 12.9. The van der Waals surface area contributed by atoms with E-state index in [1.807, 2.05) is 0 Å². The minimum Gasteiger partial charge on any atom is -0.481 e. The van der Waals surface area contributed by atoms with Crippen LogP contribution in [0, 0.1) is 5.92 Å². The number of amides is 3. The third-order valence-electron chi connectivity index (χ3n) is 4.30. The van der Waals surface area contributed by atoms with E-state index >= 15 is 0 Å². The number of rotatable bonds is 9. The van der Waals surface area contributed by atoms with Crippen LogP contribution >= 0.6 is 0 Å². The molecule has 1 aromatic carbocycles. The fraction of sp³-hybridized carbons (Fsp3) is 0.583. The Kier molecular flexibility index (Phi) is 10.3. The summed E-state index contributed by atoms with van der Waals surface area (Å²) < 4.78 is 10.4. The summed E-state index contributed by atoms with van der Waals surface area (Å²) in [5, 5.41) is 14.2. The number of aliphatic carboxylic acids is 1. The summed E-state index contributed by atoms with van der Waals surface area (Å²) in [5.74, 6) is -1.84. The zero-order chi connectivity index (χ0) is 26.1. The maximum Gasteiger partial charge on any atom is 0.408 e. The lowest BCUT2D eigenvalue weighted by Crippen LogP contribution is -2.45. The second kappa shape index (κ2) is 12.2. The second-order valence-corrected chi connectivity index (χ2v) is 9.94. The van der Waals surface area contributed by atoms with Crippen LogP contribution < -0.4 is 15.5 Å². The van der Waals surface area contributed by atoms with Crippen LogP contribution in [-0.2, 0) is 25.5 Å². The Bertz CT molecular complexity index is 855. The summed E-state index contributed by atoms with van der Waals surface area (Å²) in [7, 11) is 0. The maximum atomic E-state index is 12.9. The predicted molar refractivity (Wildman–Crippen MR) is 128 cm³/mol. The van der Waals surface area contributed by atoms with Crippen molar-refractivity contribution in [3.8, 4) is 0 Å². The van der Waals surface area contributed by atoms with Crippen LogP contribution in [0.3, 0.4) is 0 Å². The quantitative estimate of drug-likeness (QED) is 0.494. The van der Waals surface area contributed by atoms with Gasteiger partial charge in [-0.25, -0.2) is 9.59 Å². The molecule has 3 amide bonds. The molecule has 0 aliphatic heterocycles. The van der Waals surface area contributed by atoms with E-state index in [9.17, 15) is 19.2 Å². The molecule has 1 rings (SSSR count). The van der Waals surface area contributed by atoms with Crippen LogP contribution in [0.5, 0.6) is 0 Å². The number of carboxylic acid groups (broad SMARTS) is 1. The van der Waals surface area contributed by atoms with Crippen LogP contribution in [0.25, 0.3) is 0 Å². The van der Waals surface area contributed by atoms with Crippen LogP contribution in [0.15, 0.2) is 24.3 Å². The molecule has 190 valence electrons. The number of ether oxygens (including phenoxy) is 2. The van der Waals surface area contributed by atoms with Gasteiger partial charge in [-0.2, -0.15) is 0 Å². The van der Waals surface area contributed by atoms with Crippen molar-refractivity contribution in [2.24, 2.45) is 5.92 Å². The van der Waals surface area contributed by atoms with E-state index in [0.29, 0.717) is 12.1 Å². The number of alkyl carbamates (subject to hydrolysis) is 2. The highest BCUT2D eigenvalue weighted by Crippen LogP contribution is 2.18. The van der Waals surface area contributed by atoms with Crippen LogP contribution in [0.2, 0.25) is 0 Å². The molecular formula is C24H37N3O7. The Hall–Kier alpha value is -3.30. The number of nitrogens with one attached hydrogen (secondary N) is 2. The second-order valence-electron chi connectivity index (χ2n) is 9.94. The van der Waals surface area contributed by atoms with E-state index in [1.165, 1.54) is 4.90 Å². The van der Waals surface area contributed by atoms with Crippen molar-refractivity contribution in [2.75, 3.05) is 24.5 Å². The number of hydrogen-bond donors (Lipinski definition) is 3. The lowest BCUT2D eigenvalue weighted by molar-refractivity contribution is -0.141. The Labute approximate surface area is 201 Å². The van der Waals surface area contributed by atoms with Gasteiger partial charge in [0.05, 0.1) is 5.92 Å². The third-order valence-corrected chi connectivity index (χ3v) is 4.30. The van der Waals surface area contributed by atoms with Gasteiger partial charge < -0.3 is 30.1 Å². The lowest BCUT2D eigenvalue weighted by atomic mass is 10.0. The molecule has 0 saturated carbocycles. The first kappa shape index (κ1) is 28.7. The van der Waals surface area contributed by atoms with Crippen molar-refractivity contribution in [3.63, 3.8) is 0 Å². The predicted octanol–water partition coefficient (Wildman–Crippen LogP) is 3.33. The third kappa shape index (κ3) is 11.5. The molecule has 0 saturated heterocycles. The van der Waals surface area contributed by atoms with Gasteiger partial charge in [0, 0.05) is 18.8 Å². The number of carboxylic acids is 1. The first-order valence-electron chi connectivity index (χ1n) is 11.1. The molecule has 0 radical (unpaired) electrons. The molecule has 0 aromatic heterocycles. The largest absolute Gasteiger partial charge is 0.481 e. The van der Waals surface area contributed by atoms with E-state index in [1.54, 1.807) is 72.7 Å². The number of nitrogens with zero attached hydrogens (tertiary/aromatic N) is 1. The molecule has 0 spiro atoms. The molecular weight excluding hydrogens is 442 g/mol. The lowest BCUT2D eigenvalue weighted by Gasteiger charge is -2.25. The van der Waals surface area contributed by atoms with Gasteiger partial charge in [0.15, 0.2) is 0 Å². The zero-order valence-electron chi connectivity index (χ0n) is 21.1. The standard InChI is InChI=1S/C24H37N3O7/c1-16(20(29)30)14-17-8-10-18(11-9-17)27(13-12-25-21(31)33-23(2,3)4)19(28)15-26-22(32)34-24(5,6)7/h8-11,16H,12-15H2,1-7H3,(H,25,31)(H,26,32)(H,29,30)/t16-/m0/s1. The highest BCUT2D eigenvalue weighted by molar-refractivity contribution is 5.96. The number of benzene rings is 1. The van der Waals surface area contributed by atoms with Crippen molar-refractivity contribution in [3.05, 3.63) is 29.8 Å². The normalized spacial score (nSPS) is 12.3. The molecule has 0 heterocycles. The van der Waals surface area contributed by atoms with Crippen molar-refractivity contribution in [1.82, 2.24) is 10.6 Å². The fourth-order valence-electron chi connectivity index (χ4n) is 2.79. The Morgan fingerprint density at radius 1 is 0.912 bits per heavy atom. The molecule has 0 aliphatic rings. The van der Waals surface area contributed by atoms with Crippen LogP contribution in [0.4, 0.5) is 15.3 Å². The van der Waals surface area contributed by atoms with Crippen LogP contribution in [-0.4, -0.2) is 60.0 Å². The number of hydrogen-bond acceptors (Lipinski definition) is 6. The van der Waals surface area contributed by atoms with Gasteiger partial charge >= 0.3 is 18.2 Å². The highest BCUT2D eigenvalue weighted by Gasteiger charge is 2.21. The zero-order valence-corrected chi connectivity index (χ0v) is 21.1. The van der Waals surface area contributed by atoms with E-state index < -0.39 is 41.2 Å². The monoisotopic (exact) mass is 479 g/mol. The molecule has 0 aliphatic carbocycles. The van der Waals surface area contributed by atoms with E-state index in [2.05, 4.69) is 10.6 Å². The minimum atomic E-state index is -0.887. The summed E-state index contributed by atoms with van der Waals surface area (Å²) >= 11 is 0. The molecule has 3 N–H and O–H groups in total. The first-order valence-corrected chi connectivity index (χ1v) is 11.1. The minimum absolute atomic E-state index is 0.116. The molecule has 0 bridgehead atoms. The van der Waals surface area contributed by atoms with Gasteiger partial charge in [-0.1, -0.05) is 19.1 Å². The molecule has 34 heavy (non-hydrogen) atoms. The summed E-state index contributed by atoms with van der Waals surface area (Å²) in [5.41, 5.74) is -0.00840. The molecule has 1 aromatic rings. The molecule has 1 atom stereocenters. The Morgan fingerprint density at radius 3 is 1.88 bits per heavy atom. The van der Waals surface area contributed by atoms with Gasteiger partial charge in [0.2, 0.25) is 5.91 Å². The van der Waals surface area contributed by atoms with E-state index in [0.717, 1.165) is 5.56 Å². The number of anilines is 1. The average Bonchev–Trinajstić information content (AvgIpc) is 2.67. The average molecular weight is 480 g/mol. The Balaban J connectivity index is 2.89. The molecule has 10 heteroatoms. The number of carbonyl (C=O) groups excluding carboxylic acids is 3. The summed E-state index contributed by atoms with van der Waals surface area (Å²) in [4.78, 5) is 49.3.